The SMILES string of the molecule is COCC(C)(C)NC(=O)CC1CCC(CN)CC1. The van der Waals surface area contributed by atoms with Gasteiger partial charge in [-0.1, -0.05) is 0 Å². The molecule has 0 heterocycles. The fraction of sp³-hybridized carbons (Fsp3) is 0.929. The molecule has 0 spiro atoms. The fourth-order valence-electron chi connectivity index (χ4n) is 2.76. The third kappa shape index (κ3) is 5.36. The van der Waals surface area contributed by atoms with E-state index in [2.05, 4.69) is 5.32 Å². The largest absolute Gasteiger partial charge is 0.382 e. The van der Waals surface area contributed by atoms with Crippen LogP contribution in [0.2, 0.25) is 0 Å². The van der Waals surface area contributed by atoms with Crippen molar-refractivity contribution in [3.8, 4) is 0 Å². The standard InChI is InChI=1S/C14H28N2O2/c1-14(2,10-18-3)16-13(17)8-11-4-6-12(9-15)7-5-11/h11-12H,4-10,15H2,1-3H3,(H,16,17). The van der Waals surface area contributed by atoms with Gasteiger partial charge in [0.1, 0.15) is 0 Å². The van der Waals surface area contributed by atoms with Gasteiger partial charge in [0, 0.05) is 13.5 Å². The van der Waals surface area contributed by atoms with Crippen LogP contribution in [0.5, 0.6) is 0 Å². The zero-order valence-electron chi connectivity index (χ0n) is 12.0. The van der Waals surface area contributed by atoms with E-state index in [0.717, 1.165) is 19.4 Å². The normalized spacial score (nSPS) is 24.9. The second-order valence-electron chi connectivity index (χ2n) is 6.19. The summed E-state index contributed by atoms with van der Waals surface area (Å²) in [7, 11) is 1.65. The van der Waals surface area contributed by atoms with E-state index >= 15 is 0 Å². The Labute approximate surface area is 111 Å². The maximum Gasteiger partial charge on any atom is 0.220 e. The highest BCUT2D eigenvalue weighted by Crippen LogP contribution is 2.30. The summed E-state index contributed by atoms with van der Waals surface area (Å²) in [6.07, 6.45) is 5.27. The number of ether oxygens (including phenoxy) is 1. The highest BCUT2D eigenvalue weighted by atomic mass is 16.5. The van der Waals surface area contributed by atoms with Crippen molar-refractivity contribution in [2.45, 2.75) is 51.5 Å². The molecule has 106 valence electrons. The molecule has 1 aliphatic carbocycles. The predicted octanol–water partition coefficient (Wildman–Crippen LogP) is 1.68. The molecule has 1 rings (SSSR count). The number of hydrogen-bond acceptors (Lipinski definition) is 3. The van der Waals surface area contributed by atoms with Gasteiger partial charge in [-0.15, -0.1) is 0 Å². The lowest BCUT2D eigenvalue weighted by Gasteiger charge is -2.29. The maximum atomic E-state index is 12.0. The first-order valence-electron chi connectivity index (χ1n) is 6.97. The minimum atomic E-state index is -0.277. The number of nitrogens with one attached hydrogen (secondary N) is 1. The molecular formula is C14H28N2O2. The molecule has 0 bridgehead atoms. The van der Waals surface area contributed by atoms with Gasteiger partial charge >= 0.3 is 0 Å². The Balaban J connectivity index is 2.28. The van der Waals surface area contributed by atoms with Crippen LogP contribution >= 0.6 is 0 Å². The van der Waals surface area contributed by atoms with Crippen molar-refractivity contribution in [2.24, 2.45) is 17.6 Å². The van der Waals surface area contributed by atoms with Crippen molar-refractivity contribution in [1.29, 1.82) is 0 Å². The van der Waals surface area contributed by atoms with E-state index in [1.165, 1.54) is 12.8 Å². The van der Waals surface area contributed by atoms with Gasteiger partial charge in [-0.05, 0) is 57.9 Å². The van der Waals surface area contributed by atoms with E-state index in [0.29, 0.717) is 24.9 Å². The van der Waals surface area contributed by atoms with Crippen LogP contribution in [0.1, 0.15) is 46.0 Å². The van der Waals surface area contributed by atoms with E-state index in [1.807, 2.05) is 13.8 Å². The molecule has 0 aliphatic heterocycles. The molecule has 0 saturated heterocycles. The monoisotopic (exact) mass is 256 g/mol. The van der Waals surface area contributed by atoms with Crippen LogP contribution in [-0.2, 0) is 9.53 Å². The molecule has 0 atom stereocenters. The van der Waals surface area contributed by atoms with Gasteiger partial charge in [0.05, 0.1) is 12.1 Å². The summed E-state index contributed by atoms with van der Waals surface area (Å²) in [5.41, 5.74) is 5.40. The molecule has 4 heteroatoms. The molecule has 18 heavy (non-hydrogen) atoms. The van der Waals surface area contributed by atoms with Gasteiger partial charge < -0.3 is 15.8 Å². The molecule has 0 aromatic heterocycles. The number of carbonyl (C=O) groups excluding carboxylic acids is 1. The van der Waals surface area contributed by atoms with E-state index in [4.69, 9.17) is 10.5 Å². The summed E-state index contributed by atoms with van der Waals surface area (Å²) in [4.78, 5) is 12.0. The first-order chi connectivity index (χ1) is 8.46. The summed E-state index contributed by atoms with van der Waals surface area (Å²) in [6.45, 7) is 5.30. The van der Waals surface area contributed by atoms with E-state index in [1.54, 1.807) is 7.11 Å². The van der Waals surface area contributed by atoms with E-state index in [-0.39, 0.29) is 11.4 Å². The van der Waals surface area contributed by atoms with Crippen LogP contribution in [0.4, 0.5) is 0 Å². The Hall–Kier alpha value is -0.610. The molecule has 3 N–H and O–H groups in total. The van der Waals surface area contributed by atoms with Gasteiger partial charge in [0.15, 0.2) is 0 Å². The predicted molar refractivity (Wildman–Crippen MR) is 73.2 cm³/mol. The lowest BCUT2D eigenvalue weighted by Crippen LogP contribution is -2.47. The van der Waals surface area contributed by atoms with Gasteiger partial charge in [0.25, 0.3) is 0 Å². The first-order valence-corrected chi connectivity index (χ1v) is 6.97. The van der Waals surface area contributed by atoms with Gasteiger partial charge in [-0.2, -0.15) is 0 Å². The summed E-state index contributed by atoms with van der Waals surface area (Å²) >= 11 is 0. The lowest BCUT2D eigenvalue weighted by molar-refractivity contribution is -0.124. The van der Waals surface area contributed by atoms with Crippen molar-refractivity contribution in [3.05, 3.63) is 0 Å². The van der Waals surface area contributed by atoms with Gasteiger partial charge in [-0.25, -0.2) is 0 Å². The number of carbonyl (C=O) groups is 1. The van der Waals surface area contributed by atoms with Gasteiger partial charge in [0.2, 0.25) is 5.91 Å². The summed E-state index contributed by atoms with van der Waals surface area (Å²) in [6, 6.07) is 0. The molecule has 1 fully saturated rings. The average Bonchev–Trinajstić information content (AvgIpc) is 2.28. The van der Waals surface area contributed by atoms with Crippen LogP contribution in [0.3, 0.4) is 0 Å². The van der Waals surface area contributed by atoms with Gasteiger partial charge in [-0.3, -0.25) is 4.79 Å². The second-order valence-corrected chi connectivity index (χ2v) is 6.19. The third-order valence-corrected chi connectivity index (χ3v) is 3.76. The van der Waals surface area contributed by atoms with E-state index < -0.39 is 0 Å². The molecule has 1 aliphatic rings. The molecule has 0 radical (unpaired) electrons. The second kappa shape index (κ2) is 7.10. The highest BCUT2D eigenvalue weighted by molar-refractivity contribution is 5.77. The minimum absolute atomic E-state index is 0.147. The Morgan fingerprint density at radius 3 is 2.33 bits per heavy atom. The Morgan fingerprint density at radius 1 is 1.28 bits per heavy atom. The summed E-state index contributed by atoms with van der Waals surface area (Å²) < 4.78 is 5.10. The number of nitrogens with two attached hydrogens (primary N) is 1. The number of amides is 1. The van der Waals surface area contributed by atoms with Crippen LogP contribution in [0.15, 0.2) is 0 Å². The van der Waals surface area contributed by atoms with Crippen molar-refractivity contribution in [2.75, 3.05) is 20.3 Å². The average molecular weight is 256 g/mol. The van der Waals surface area contributed by atoms with Crippen molar-refractivity contribution < 1.29 is 9.53 Å². The van der Waals surface area contributed by atoms with Crippen molar-refractivity contribution in [3.63, 3.8) is 0 Å². The number of hydrogen-bond donors (Lipinski definition) is 2. The van der Waals surface area contributed by atoms with E-state index in [9.17, 15) is 4.79 Å². The lowest BCUT2D eigenvalue weighted by atomic mass is 9.80. The zero-order valence-corrected chi connectivity index (χ0v) is 12.0. The Kier molecular flexibility index (Phi) is 6.09. The Morgan fingerprint density at radius 2 is 1.83 bits per heavy atom. The molecule has 1 amide bonds. The molecule has 0 aromatic carbocycles. The molecule has 1 saturated carbocycles. The summed E-state index contributed by atoms with van der Waals surface area (Å²) in [5, 5.41) is 3.04. The molecule has 0 aromatic rings. The maximum absolute atomic E-state index is 12.0. The quantitative estimate of drug-likeness (QED) is 0.760. The number of rotatable bonds is 6. The van der Waals surface area contributed by atoms with Crippen LogP contribution in [0, 0.1) is 11.8 Å². The first kappa shape index (κ1) is 15.4. The van der Waals surface area contributed by atoms with Crippen LogP contribution in [0.25, 0.3) is 0 Å². The molecular weight excluding hydrogens is 228 g/mol. The highest BCUT2D eigenvalue weighted by Gasteiger charge is 2.25. The van der Waals surface area contributed by atoms with Crippen molar-refractivity contribution in [1.82, 2.24) is 5.32 Å². The zero-order chi connectivity index (χ0) is 13.6. The summed E-state index contributed by atoms with van der Waals surface area (Å²) in [5.74, 6) is 1.36. The smallest absolute Gasteiger partial charge is 0.220 e. The molecule has 4 nitrogen and oxygen atoms in total. The topological polar surface area (TPSA) is 64.3 Å². The Bertz CT molecular complexity index is 259. The third-order valence-electron chi connectivity index (χ3n) is 3.76. The molecule has 0 unspecified atom stereocenters. The van der Waals surface area contributed by atoms with Crippen LogP contribution < -0.4 is 11.1 Å². The van der Waals surface area contributed by atoms with Crippen molar-refractivity contribution >= 4 is 5.91 Å². The minimum Gasteiger partial charge on any atom is -0.382 e. The number of methoxy groups -OCH3 is 1. The van der Waals surface area contributed by atoms with Crippen LogP contribution in [-0.4, -0.2) is 31.7 Å². The fourth-order valence-corrected chi connectivity index (χ4v) is 2.76.